The van der Waals surface area contributed by atoms with E-state index in [1.54, 1.807) is 41.3 Å². The van der Waals surface area contributed by atoms with Gasteiger partial charge in [-0.1, -0.05) is 18.2 Å². The summed E-state index contributed by atoms with van der Waals surface area (Å²) in [5.41, 5.74) is 1.30. The summed E-state index contributed by atoms with van der Waals surface area (Å²) >= 11 is 1.03. The molecule has 4 aromatic rings. The Morgan fingerprint density at radius 3 is 2.60 bits per heavy atom. The second kappa shape index (κ2) is 10.2. The molecule has 40 heavy (non-hydrogen) atoms. The summed E-state index contributed by atoms with van der Waals surface area (Å²) in [4.78, 5) is 25.2. The van der Waals surface area contributed by atoms with Crippen LogP contribution in [0.2, 0.25) is 0 Å². The van der Waals surface area contributed by atoms with Crippen LogP contribution < -0.4 is 10.2 Å². The third-order valence-corrected chi connectivity index (χ3v) is 10.2. The van der Waals surface area contributed by atoms with Gasteiger partial charge in [0, 0.05) is 55.5 Å². The highest BCUT2D eigenvalue weighted by atomic mass is 32.2. The number of nitrogens with zero attached hydrogens (tertiary/aromatic N) is 7. The van der Waals surface area contributed by atoms with E-state index in [9.17, 15) is 18.5 Å². The molecule has 3 atom stereocenters. The summed E-state index contributed by atoms with van der Waals surface area (Å²) in [6.07, 6.45) is 4.58. The van der Waals surface area contributed by atoms with Crippen molar-refractivity contribution in [2.24, 2.45) is 11.8 Å². The smallest absolute Gasteiger partial charge is 0.323 e. The number of hydrogen-bond acceptors (Lipinski definition) is 10. The zero-order valence-corrected chi connectivity index (χ0v) is 23.1. The van der Waals surface area contributed by atoms with Gasteiger partial charge in [-0.2, -0.15) is 9.64 Å². The van der Waals surface area contributed by atoms with Crippen LogP contribution in [0.3, 0.4) is 0 Å². The van der Waals surface area contributed by atoms with Gasteiger partial charge in [-0.15, -0.1) is 0 Å². The van der Waals surface area contributed by atoms with Crippen molar-refractivity contribution in [3.05, 3.63) is 60.2 Å². The summed E-state index contributed by atoms with van der Waals surface area (Å²) < 4.78 is 31.8. The minimum Gasteiger partial charge on any atom is -0.388 e. The van der Waals surface area contributed by atoms with Gasteiger partial charge in [0.25, 0.3) is 10.0 Å². The maximum atomic E-state index is 13.3. The van der Waals surface area contributed by atoms with Crippen LogP contribution in [-0.4, -0.2) is 68.9 Å². The Morgan fingerprint density at radius 1 is 1.23 bits per heavy atom. The van der Waals surface area contributed by atoms with Crippen LogP contribution in [0.4, 0.5) is 15.6 Å². The quantitative estimate of drug-likeness (QED) is 0.351. The van der Waals surface area contributed by atoms with Gasteiger partial charge in [0.2, 0.25) is 5.13 Å². The SMILES string of the molecule is CN(c1c(C#N)cnc2c1ccn2S(=O)(=O)c1ccccc1)C1CC2CN(C(=O)Nc3nc(CO)ns3)C[C@H]2C1. The third-order valence-electron chi connectivity index (χ3n) is 7.81. The maximum Gasteiger partial charge on any atom is 0.323 e. The highest BCUT2D eigenvalue weighted by molar-refractivity contribution is 7.90. The Kier molecular flexibility index (Phi) is 6.65. The highest BCUT2D eigenvalue weighted by Crippen LogP contribution is 2.43. The number of likely N-dealkylation sites (tertiary alicyclic amines) is 1. The number of aliphatic hydroxyl groups excluding tert-OH is 1. The molecule has 0 radical (unpaired) electrons. The number of rotatable bonds is 6. The Bertz CT molecular complexity index is 1720. The van der Waals surface area contributed by atoms with E-state index < -0.39 is 10.0 Å². The van der Waals surface area contributed by atoms with E-state index in [1.807, 2.05) is 7.05 Å². The summed E-state index contributed by atoms with van der Waals surface area (Å²) in [6, 6.07) is 12.0. The van der Waals surface area contributed by atoms with Crippen molar-refractivity contribution in [3.63, 3.8) is 0 Å². The molecule has 1 aliphatic heterocycles. The van der Waals surface area contributed by atoms with Crippen molar-refractivity contribution in [2.45, 2.75) is 30.4 Å². The molecule has 0 bridgehead atoms. The number of carbonyl (C=O) groups is 1. The molecule has 1 aromatic carbocycles. The van der Waals surface area contributed by atoms with Crippen molar-refractivity contribution in [3.8, 4) is 6.07 Å². The van der Waals surface area contributed by atoms with Crippen LogP contribution in [0.1, 0.15) is 24.2 Å². The van der Waals surface area contributed by atoms with Gasteiger partial charge in [-0.05, 0) is 42.9 Å². The third kappa shape index (κ3) is 4.45. The normalized spacial score (nSPS) is 20.4. The zero-order valence-electron chi connectivity index (χ0n) is 21.5. The lowest BCUT2D eigenvalue weighted by Crippen LogP contribution is -2.36. The molecule has 3 aromatic heterocycles. The molecule has 12 nitrogen and oxygen atoms in total. The van der Waals surface area contributed by atoms with E-state index in [1.165, 1.54) is 12.4 Å². The number of pyridine rings is 1. The highest BCUT2D eigenvalue weighted by Gasteiger charge is 2.44. The molecule has 1 aliphatic carbocycles. The Morgan fingerprint density at radius 2 is 1.95 bits per heavy atom. The number of carbonyl (C=O) groups excluding carboxylic acids is 1. The number of aliphatic hydroxyl groups is 1. The predicted molar refractivity (Wildman–Crippen MR) is 148 cm³/mol. The lowest BCUT2D eigenvalue weighted by Gasteiger charge is -2.29. The molecular weight excluding hydrogens is 552 g/mol. The lowest BCUT2D eigenvalue weighted by atomic mass is 10.0. The maximum absolute atomic E-state index is 13.3. The number of nitrogens with one attached hydrogen (secondary N) is 1. The number of benzene rings is 1. The molecule has 2 unspecified atom stereocenters. The van der Waals surface area contributed by atoms with E-state index in [0.29, 0.717) is 46.7 Å². The molecule has 1 saturated heterocycles. The van der Waals surface area contributed by atoms with Crippen molar-refractivity contribution in [2.75, 3.05) is 30.4 Å². The van der Waals surface area contributed by atoms with E-state index in [2.05, 4.69) is 30.6 Å². The topological polar surface area (TPSA) is 157 Å². The molecule has 206 valence electrons. The zero-order chi connectivity index (χ0) is 28.0. The Labute approximate surface area is 234 Å². The summed E-state index contributed by atoms with van der Waals surface area (Å²) in [7, 11) is -1.93. The van der Waals surface area contributed by atoms with Gasteiger partial charge >= 0.3 is 6.03 Å². The lowest BCUT2D eigenvalue weighted by molar-refractivity contribution is 0.218. The first-order valence-electron chi connectivity index (χ1n) is 12.7. The number of hydrogen-bond donors (Lipinski definition) is 2. The number of nitriles is 1. The number of amides is 2. The fourth-order valence-corrected chi connectivity index (χ4v) is 7.78. The van der Waals surface area contributed by atoms with Crippen LogP contribution in [0.25, 0.3) is 11.0 Å². The van der Waals surface area contributed by atoms with E-state index in [4.69, 9.17) is 5.11 Å². The molecule has 0 spiro atoms. The van der Waals surface area contributed by atoms with E-state index in [0.717, 1.165) is 28.3 Å². The number of fused-ring (bicyclic) bond motifs is 2. The first kappa shape index (κ1) is 26.2. The molecule has 6 rings (SSSR count). The van der Waals surface area contributed by atoms with Crippen LogP contribution in [-0.2, 0) is 16.6 Å². The minimum atomic E-state index is -3.86. The summed E-state index contributed by atoms with van der Waals surface area (Å²) in [5.74, 6) is 0.873. The average molecular weight is 579 g/mol. The second-order valence-corrected chi connectivity index (χ2v) is 12.6. The number of urea groups is 1. The molecular formula is C26H26N8O4S2. The molecule has 2 fully saturated rings. The number of aromatic nitrogens is 4. The molecule has 2 aliphatic rings. The standard InChI is InChI=1S/C26H26N8O4S2/c1-32(19-9-16-13-33(14-17(16)10-19)26(36)30-25-29-22(15-35)31-39-25)23-18(11-27)12-28-24-21(23)7-8-34(24)40(37,38)20-5-3-2-4-6-20/h2-8,12,16-17,19,35H,9-10,13-15H2,1H3,(H,29,30,31,36)/t16-,17?,19?/m1/s1. The molecule has 2 N–H and O–H groups in total. The average Bonchev–Trinajstić information content (AvgIpc) is 3.75. The molecule has 14 heteroatoms. The Hall–Kier alpha value is -4.06. The van der Waals surface area contributed by atoms with Gasteiger partial charge in [0.1, 0.15) is 12.7 Å². The van der Waals surface area contributed by atoms with Crippen LogP contribution in [0.5, 0.6) is 0 Å². The molecule has 1 saturated carbocycles. The van der Waals surface area contributed by atoms with Crippen LogP contribution in [0.15, 0.2) is 53.7 Å². The predicted octanol–water partition coefficient (Wildman–Crippen LogP) is 2.87. The van der Waals surface area contributed by atoms with Crippen molar-refractivity contribution >= 4 is 49.4 Å². The second-order valence-electron chi connectivity index (χ2n) is 10.1. The van der Waals surface area contributed by atoms with Crippen molar-refractivity contribution in [1.82, 2.24) is 23.2 Å². The van der Waals surface area contributed by atoms with Gasteiger partial charge in [0.15, 0.2) is 11.5 Å². The minimum absolute atomic E-state index is 0.113. The van der Waals surface area contributed by atoms with Crippen LogP contribution in [0, 0.1) is 23.2 Å². The fourth-order valence-electron chi connectivity index (χ4n) is 5.88. The largest absolute Gasteiger partial charge is 0.388 e. The van der Waals surface area contributed by atoms with Crippen molar-refractivity contribution < 1.29 is 18.3 Å². The molecule has 4 heterocycles. The first-order chi connectivity index (χ1) is 19.3. The molecule has 2 amide bonds. The fraction of sp³-hybridized carbons (Fsp3) is 0.346. The monoisotopic (exact) mass is 578 g/mol. The van der Waals surface area contributed by atoms with E-state index in [-0.39, 0.29) is 35.0 Å². The van der Waals surface area contributed by atoms with Gasteiger partial charge < -0.3 is 14.9 Å². The van der Waals surface area contributed by atoms with Gasteiger partial charge in [-0.3, -0.25) is 5.32 Å². The van der Waals surface area contributed by atoms with E-state index >= 15 is 0 Å². The van der Waals surface area contributed by atoms with Gasteiger partial charge in [-0.25, -0.2) is 27.2 Å². The summed E-state index contributed by atoms with van der Waals surface area (Å²) in [6.45, 7) is 0.935. The number of anilines is 2. The van der Waals surface area contributed by atoms with Gasteiger partial charge in [0.05, 0.1) is 16.1 Å². The first-order valence-corrected chi connectivity index (χ1v) is 14.9. The van der Waals surface area contributed by atoms with Crippen molar-refractivity contribution in [1.29, 1.82) is 5.26 Å². The Balaban J connectivity index is 1.21. The summed E-state index contributed by atoms with van der Waals surface area (Å²) in [5, 5.41) is 22.8. The van der Waals surface area contributed by atoms with Crippen LogP contribution >= 0.6 is 11.5 Å².